The Labute approximate surface area is 116 Å². The Morgan fingerprint density at radius 1 is 1.00 bits per heavy atom. The normalized spacial score (nSPS) is 28.4. The van der Waals surface area contributed by atoms with Gasteiger partial charge in [0.1, 0.15) is 5.92 Å². The van der Waals surface area contributed by atoms with Gasteiger partial charge in [-0.15, -0.1) is 0 Å². The minimum atomic E-state index is -1.17. The third-order valence-corrected chi connectivity index (χ3v) is 3.78. The molecule has 1 aliphatic carbocycles. The topological polar surface area (TPSA) is 97.4 Å². The molecule has 2 aliphatic rings. The molecule has 1 N–H and O–H groups in total. The van der Waals surface area contributed by atoms with E-state index in [-0.39, 0.29) is 49.6 Å². The maximum absolute atomic E-state index is 12.1. The molecule has 20 heavy (non-hydrogen) atoms. The first-order valence-electron chi connectivity index (χ1n) is 6.77. The van der Waals surface area contributed by atoms with Crippen molar-refractivity contribution in [2.45, 2.75) is 39.0 Å². The number of rotatable bonds is 3. The molecule has 1 aliphatic heterocycles. The Morgan fingerprint density at radius 3 is 2.00 bits per heavy atom. The van der Waals surface area contributed by atoms with Gasteiger partial charge in [-0.3, -0.25) is 29.3 Å². The number of amides is 2. The zero-order chi connectivity index (χ0) is 14.9. The summed E-state index contributed by atoms with van der Waals surface area (Å²) < 4.78 is 0. The van der Waals surface area contributed by atoms with Crippen molar-refractivity contribution in [1.29, 1.82) is 0 Å². The lowest BCUT2D eigenvalue weighted by Gasteiger charge is -2.25. The molecule has 0 atom stereocenters. The van der Waals surface area contributed by atoms with Crippen molar-refractivity contribution in [3.8, 4) is 0 Å². The van der Waals surface area contributed by atoms with E-state index in [0.717, 1.165) is 0 Å². The van der Waals surface area contributed by atoms with Crippen LogP contribution in [0.5, 0.6) is 0 Å². The average Bonchev–Trinajstić information content (AvgIpc) is 2.25. The van der Waals surface area contributed by atoms with Crippen molar-refractivity contribution in [3.05, 3.63) is 0 Å². The molecule has 2 amide bonds. The maximum atomic E-state index is 12.1. The molecular weight excluding hydrogens is 262 g/mol. The van der Waals surface area contributed by atoms with Gasteiger partial charge in [-0.2, -0.15) is 0 Å². The van der Waals surface area contributed by atoms with Gasteiger partial charge >= 0.3 is 0 Å². The van der Waals surface area contributed by atoms with Crippen LogP contribution in [0.25, 0.3) is 0 Å². The summed E-state index contributed by atoms with van der Waals surface area (Å²) in [5.74, 6) is -3.51. The molecule has 1 saturated carbocycles. The second-order valence-electron chi connectivity index (χ2n) is 5.80. The van der Waals surface area contributed by atoms with E-state index in [0.29, 0.717) is 0 Å². The molecule has 6 nitrogen and oxygen atoms in total. The van der Waals surface area contributed by atoms with Gasteiger partial charge in [-0.05, 0) is 11.8 Å². The molecule has 0 radical (unpaired) electrons. The zero-order valence-corrected chi connectivity index (χ0v) is 11.3. The smallest absolute Gasteiger partial charge is 0.226 e. The second-order valence-corrected chi connectivity index (χ2v) is 5.80. The summed E-state index contributed by atoms with van der Waals surface area (Å²) in [7, 11) is 0. The quantitative estimate of drug-likeness (QED) is 0.587. The van der Waals surface area contributed by atoms with Gasteiger partial charge in [0.05, 0.1) is 0 Å². The molecule has 6 heteroatoms. The Balaban J connectivity index is 2.01. The lowest BCUT2D eigenvalue weighted by Crippen LogP contribution is -2.42. The predicted octanol–water partition coefficient (Wildman–Crippen LogP) is 0.183. The van der Waals surface area contributed by atoms with Gasteiger partial charge in [0.25, 0.3) is 0 Å². The number of imide groups is 1. The SMILES string of the molecule is CC1CC(=O)C(C(=O)CC2CC(=O)NC(=O)C2)C(=O)C1. The van der Waals surface area contributed by atoms with Crippen LogP contribution in [0.15, 0.2) is 0 Å². The minimum Gasteiger partial charge on any atom is -0.298 e. The highest BCUT2D eigenvalue weighted by Crippen LogP contribution is 2.27. The largest absolute Gasteiger partial charge is 0.298 e. The second kappa shape index (κ2) is 5.64. The van der Waals surface area contributed by atoms with Crippen LogP contribution in [0.2, 0.25) is 0 Å². The van der Waals surface area contributed by atoms with Crippen LogP contribution in [-0.2, 0) is 24.0 Å². The first-order valence-corrected chi connectivity index (χ1v) is 6.77. The molecule has 0 unspecified atom stereocenters. The standard InChI is InChI=1S/C14H17NO5/c1-7-2-9(16)14(10(17)3-7)11(18)4-8-5-12(19)15-13(20)6-8/h7-8,14H,2-6H2,1H3,(H,15,19,20). The highest BCUT2D eigenvalue weighted by Gasteiger charge is 2.39. The van der Waals surface area contributed by atoms with Crippen LogP contribution in [0, 0.1) is 17.8 Å². The predicted molar refractivity (Wildman–Crippen MR) is 67.4 cm³/mol. The lowest BCUT2D eigenvalue weighted by molar-refractivity contribution is -0.143. The molecule has 2 rings (SSSR count). The van der Waals surface area contributed by atoms with E-state index in [1.807, 2.05) is 0 Å². The number of piperidine rings is 1. The minimum absolute atomic E-state index is 0.0129. The van der Waals surface area contributed by atoms with Crippen LogP contribution < -0.4 is 5.32 Å². The summed E-state index contributed by atoms with van der Waals surface area (Å²) in [6, 6.07) is 0. The summed E-state index contributed by atoms with van der Waals surface area (Å²) in [5.41, 5.74) is 0. The van der Waals surface area contributed by atoms with E-state index < -0.39 is 29.4 Å². The number of carbonyl (C=O) groups excluding carboxylic acids is 5. The first-order chi connectivity index (χ1) is 9.36. The molecule has 0 bridgehead atoms. The zero-order valence-electron chi connectivity index (χ0n) is 11.3. The number of nitrogens with one attached hydrogen (secondary N) is 1. The van der Waals surface area contributed by atoms with Crippen molar-refractivity contribution in [1.82, 2.24) is 5.32 Å². The fraction of sp³-hybridized carbons (Fsp3) is 0.643. The molecule has 2 fully saturated rings. The van der Waals surface area contributed by atoms with Crippen molar-refractivity contribution in [2.24, 2.45) is 17.8 Å². The van der Waals surface area contributed by atoms with Gasteiger partial charge in [0.2, 0.25) is 11.8 Å². The highest BCUT2D eigenvalue weighted by atomic mass is 16.2. The van der Waals surface area contributed by atoms with Crippen LogP contribution in [0.1, 0.15) is 39.0 Å². The highest BCUT2D eigenvalue weighted by molar-refractivity contribution is 6.20. The number of ketones is 3. The molecule has 0 spiro atoms. The first kappa shape index (κ1) is 14.6. The lowest BCUT2D eigenvalue weighted by atomic mass is 9.76. The van der Waals surface area contributed by atoms with E-state index in [2.05, 4.69) is 5.32 Å². The average molecular weight is 279 g/mol. The Hall–Kier alpha value is -1.85. The van der Waals surface area contributed by atoms with Crippen molar-refractivity contribution >= 4 is 29.2 Å². The van der Waals surface area contributed by atoms with Crippen molar-refractivity contribution in [3.63, 3.8) is 0 Å². The molecule has 0 aromatic heterocycles. The monoisotopic (exact) mass is 279 g/mol. The summed E-state index contributed by atoms with van der Waals surface area (Å²) in [6.45, 7) is 1.81. The summed E-state index contributed by atoms with van der Waals surface area (Å²) >= 11 is 0. The van der Waals surface area contributed by atoms with Crippen LogP contribution in [0.3, 0.4) is 0 Å². The molecular formula is C14H17NO5. The van der Waals surface area contributed by atoms with Gasteiger partial charge in [-0.1, -0.05) is 6.92 Å². The summed E-state index contributed by atoms with van der Waals surface area (Å²) in [5, 5.41) is 2.16. The van der Waals surface area contributed by atoms with E-state index in [9.17, 15) is 24.0 Å². The van der Waals surface area contributed by atoms with E-state index >= 15 is 0 Å². The number of carbonyl (C=O) groups is 5. The number of hydrogen-bond donors (Lipinski definition) is 1. The molecule has 0 aromatic carbocycles. The van der Waals surface area contributed by atoms with Gasteiger partial charge < -0.3 is 0 Å². The van der Waals surface area contributed by atoms with Gasteiger partial charge in [0, 0.05) is 32.1 Å². The van der Waals surface area contributed by atoms with Crippen LogP contribution in [-0.4, -0.2) is 29.2 Å². The number of Topliss-reactive ketones (excluding diaryl/α,β-unsaturated/α-hetero) is 3. The molecule has 0 aromatic rings. The van der Waals surface area contributed by atoms with Crippen molar-refractivity contribution in [2.75, 3.05) is 0 Å². The molecule has 108 valence electrons. The van der Waals surface area contributed by atoms with Gasteiger partial charge in [0.15, 0.2) is 17.3 Å². The Morgan fingerprint density at radius 2 is 1.50 bits per heavy atom. The number of hydrogen-bond acceptors (Lipinski definition) is 5. The van der Waals surface area contributed by atoms with Crippen molar-refractivity contribution < 1.29 is 24.0 Å². The fourth-order valence-corrected chi connectivity index (χ4v) is 2.93. The Bertz CT molecular complexity index is 462. The summed E-state index contributed by atoms with van der Waals surface area (Å²) in [6.07, 6.45) is 0.597. The van der Waals surface area contributed by atoms with E-state index in [1.165, 1.54) is 0 Å². The third-order valence-electron chi connectivity index (χ3n) is 3.78. The van der Waals surface area contributed by atoms with Gasteiger partial charge in [-0.25, -0.2) is 0 Å². The maximum Gasteiger partial charge on any atom is 0.226 e. The van der Waals surface area contributed by atoms with Crippen LogP contribution in [0.4, 0.5) is 0 Å². The van der Waals surface area contributed by atoms with E-state index in [4.69, 9.17) is 0 Å². The van der Waals surface area contributed by atoms with Crippen LogP contribution >= 0.6 is 0 Å². The van der Waals surface area contributed by atoms with E-state index in [1.54, 1.807) is 6.92 Å². The molecule has 1 heterocycles. The summed E-state index contributed by atoms with van der Waals surface area (Å²) in [4.78, 5) is 58.3. The molecule has 1 saturated heterocycles. The third kappa shape index (κ3) is 3.18. The fourth-order valence-electron chi connectivity index (χ4n) is 2.93. The Kier molecular flexibility index (Phi) is 4.11.